The molecule has 2 aliphatic rings. The number of para-hydroxylation sites is 1. The molecule has 2 aliphatic heterocycles. The molecular formula is C24H23ClN4O2. The topological polar surface area (TPSA) is 56.8 Å². The van der Waals surface area contributed by atoms with Crippen LogP contribution in [0.25, 0.3) is 10.9 Å². The lowest BCUT2D eigenvalue weighted by Gasteiger charge is -2.35. The van der Waals surface area contributed by atoms with Crippen LogP contribution >= 0.6 is 11.6 Å². The number of aromatic nitrogens is 1. The molecule has 3 heterocycles. The number of benzene rings is 2. The number of amides is 2. The van der Waals surface area contributed by atoms with Crippen molar-refractivity contribution in [2.24, 2.45) is 0 Å². The Morgan fingerprint density at radius 3 is 2.61 bits per heavy atom. The van der Waals surface area contributed by atoms with Crippen LogP contribution in [0, 0.1) is 0 Å². The predicted molar refractivity (Wildman–Crippen MR) is 122 cm³/mol. The lowest BCUT2D eigenvalue weighted by molar-refractivity contribution is -0.120. The summed E-state index contributed by atoms with van der Waals surface area (Å²) in [6, 6.07) is 15.3. The Kier molecular flexibility index (Phi) is 5.34. The molecule has 1 saturated heterocycles. The number of fused-ring (bicyclic) bond motifs is 2. The zero-order valence-electron chi connectivity index (χ0n) is 17.1. The van der Waals surface area contributed by atoms with Crippen LogP contribution in [0.3, 0.4) is 0 Å². The number of nitrogens with zero attached hydrogens (tertiary/aromatic N) is 4. The minimum absolute atomic E-state index is 0.0642. The molecule has 7 heteroatoms. The minimum atomic E-state index is -0.0642. The molecule has 0 atom stereocenters. The van der Waals surface area contributed by atoms with Crippen LogP contribution in [0.1, 0.15) is 15.9 Å². The van der Waals surface area contributed by atoms with Gasteiger partial charge in [0.15, 0.2) is 0 Å². The van der Waals surface area contributed by atoms with Crippen molar-refractivity contribution in [2.75, 3.05) is 44.2 Å². The fourth-order valence-electron chi connectivity index (χ4n) is 4.47. The quantitative estimate of drug-likeness (QED) is 0.635. The number of hydrogen-bond acceptors (Lipinski definition) is 4. The van der Waals surface area contributed by atoms with E-state index in [-0.39, 0.29) is 11.8 Å². The molecule has 0 radical (unpaired) electrons. The molecule has 0 bridgehead atoms. The van der Waals surface area contributed by atoms with Crippen molar-refractivity contribution in [1.82, 2.24) is 14.8 Å². The third-order valence-electron chi connectivity index (χ3n) is 6.11. The van der Waals surface area contributed by atoms with Gasteiger partial charge in [0.1, 0.15) is 0 Å². The summed E-state index contributed by atoms with van der Waals surface area (Å²) < 4.78 is 0. The summed E-state index contributed by atoms with van der Waals surface area (Å²) in [7, 11) is 0. The highest BCUT2D eigenvalue weighted by Gasteiger charge is 2.28. The largest absolute Gasteiger partial charge is 0.336 e. The summed E-state index contributed by atoms with van der Waals surface area (Å²) in [5, 5.41) is 1.38. The van der Waals surface area contributed by atoms with Gasteiger partial charge in [0.25, 0.3) is 5.91 Å². The van der Waals surface area contributed by atoms with Crippen LogP contribution in [0.5, 0.6) is 0 Å². The second kappa shape index (κ2) is 8.29. The minimum Gasteiger partial charge on any atom is -0.336 e. The number of carbonyl (C=O) groups is 2. The lowest BCUT2D eigenvalue weighted by atomic mass is 10.1. The van der Waals surface area contributed by atoms with Crippen LogP contribution in [-0.4, -0.2) is 65.9 Å². The van der Waals surface area contributed by atoms with Crippen LogP contribution in [0.15, 0.2) is 54.7 Å². The molecule has 0 N–H and O–H groups in total. The van der Waals surface area contributed by atoms with Crippen molar-refractivity contribution >= 4 is 40.0 Å². The van der Waals surface area contributed by atoms with Crippen LogP contribution in [0.4, 0.5) is 5.69 Å². The molecular weight excluding hydrogens is 412 g/mol. The Morgan fingerprint density at radius 2 is 1.77 bits per heavy atom. The number of hydrogen-bond donors (Lipinski definition) is 0. The molecule has 31 heavy (non-hydrogen) atoms. The van der Waals surface area contributed by atoms with Gasteiger partial charge in [0, 0.05) is 55.0 Å². The summed E-state index contributed by atoms with van der Waals surface area (Å²) in [5.74, 6) is 0.0559. The van der Waals surface area contributed by atoms with Crippen LogP contribution in [0.2, 0.25) is 5.02 Å². The number of anilines is 1. The average Bonchev–Trinajstić information content (AvgIpc) is 3.23. The van der Waals surface area contributed by atoms with E-state index in [1.165, 1.54) is 5.56 Å². The summed E-state index contributed by atoms with van der Waals surface area (Å²) >= 11 is 6.24. The third-order valence-corrected chi connectivity index (χ3v) is 6.32. The van der Waals surface area contributed by atoms with Gasteiger partial charge >= 0.3 is 0 Å². The number of piperazine rings is 1. The lowest BCUT2D eigenvalue weighted by Crippen LogP contribution is -2.51. The molecule has 0 unspecified atom stereocenters. The first kappa shape index (κ1) is 20.0. The van der Waals surface area contributed by atoms with E-state index >= 15 is 0 Å². The summed E-state index contributed by atoms with van der Waals surface area (Å²) in [4.78, 5) is 36.3. The molecule has 0 spiro atoms. The maximum Gasteiger partial charge on any atom is 0.256 e. The van der Waals surface area contributed by atoms with E-state index in [0.717, 1.165) is 24.0 Å². The van der Waals surface area contributed by atoms with Crippen molar-refractivity contribution in [3.63, 3.8) is 0 Å². The zero-order chi connectivity index (χ0) is 21.4. The van der Waals surface area contributed by atoms with Crippen molar-refractivity contribution in [1.29, 1.82) is 0 Å². The highest BCUT2D eigenvalue weighted by atomic mass is 35.5. The van der Waals surface area contributed by atoms with Gasteiger partial charge in [0.2, 0.25) is 5.91 Å². The van der Waals surface area contributed by atoms with E-state index in [4.69, 9.17) is 11.6 Å². The maximum absolute atomic E-state index is 13.2. The van der Waals surface area contributed by atoms with Crippen molar-refractivity contribution in [3.05, 3.63) is 70.9 Å². The van der Waals surface area contributed by atoms with Gasteiger partial charge in [-0.1, -0.05) is 35.9 Å². The van der Waals surface area contributed by atoms with E-state index in [1.54, 1.807) is 12.3 Å². The molecule has 6 nitrogen and oxygen atoms in total. The highest BCUT2D eigenvalue weighted by Crippen LogP contribution is 2.28. The zero-order valence-corrected chi connectivity index (χ0v) is 17.9. The van der Waals surface area contributed by atoms with E-state index in [9.17, 15) is 9.59 Å². The standard InChI is InChI=1S/C24H23ClN4O2/c25-19-14-18-5-3-8-26-23(18)20(15-19)24(31)28-12-10-27(11-13-28)16-22(30)29-9-7-17-4-1-2-6-21(17)29/h1-6,8,14-15H,7,9-13,16H2. The van der Waals surface area contributed by atoms with Crippen molar-refractivity contribution in [3.8, 4) is 0 Å². The molecule has 2 aromatic carbocycles. The fourth-order valence-corrected chi connectivity index (χ4v) is 4.70. The Hall–Kier alpha value is -2.96. The number of halogens is 1. The van der Waals surface area contributed by atoms with Crippen LogP contribution in [-0.2, 0) is 11.2 Å². The van der Waals surface area contributed by atoms with E-state index in [1.807, 2.05) is 46.2 Å². The molecule has 5 rings (SSSR count). The summed E-state index contributed by atoms with van der Waals surface area (Å²) in [6.45, 7) is 3.59. The van der Waals surface area contributed by atoms with Crippen molar-refractivity contribution < 1.29 is 9.59 Å². The monoisotopic (exact) mass is 434 g/mol. The summed E-state index contributed by atoms with van der Waals surface area (Å²) in [5.41, 5.74) is 3.46. The second-order valence-electron chi connectivity index (χ2n) is 8.02. The van der Waals surface area contributed by atoms with Gasteiger partial charge in [0.05, 0.1) is 17.6 Å². The summed E-state index contributed by atoms with van der Waals surface area (Å²) in [6.07, 6.45) is 2.60. The average molecular weight is 435 g/mol. The maximum atomic E-state index is 13.2. The first-order chi connectivity index (χ1) is 15.1. The molecule has 158 valence electrons. The SMILES string of the molecule is O=C(c1cc(Cl)cc2cccnc12)N1CCN(CC(=O)N2CCc3ccccc32)CC1. The molecule has 0 saturated carbocycles. The first-order valence-corrected chi connectivity index (χ1v) is 10.9. The number of pyridine rings is 1. The fraction of sp³-hybridized carbons (Fsp3) is 0.292. The Balaban J connectivity index is 1.23. The van der Waals surface area contributed by atoms with E-state index in [2.05, 4.69) is 16.0 Å². The highest BCUT2D eigenvalue weighted by molar-refractivity contribution is 6.32. The van der Waals surface area contributed by atoms with Crippen molar-refractivity contribution in [2.45, 2.75) is 6.42 Å². The Morgan fingerprint density at radius 1 is 0.968 bits per heavy atom. The van der Waals surface area contributed by atoms with Gasteiger partial charge in [-0.25, -0.2) is 0 Å². The van der Waals surface area contributed by atoms with Crippen LogP contribution < -0.4 is 4.90 Å². The van der Waals surface area contributed by atoms with Gasteiger partial charge in [-0.2, -0.15) is 0 Å². The Labute approximate surface area is 186 Å². The van der Waals surface area contributed by atoms with E-state index < -0.39 is 0 Å². The molecule has 1 fully saturated rings. The molecule has 3 aromatic rings. The normalized spacial score (nSPS) is 16.5. The van der Waals surface area contributed by atoms with Gasteiger partial charge in [-0.3, -0.25) is 19.5 Å². The molecule has 1 aromatic heterocycles. The molecule has 2 amide bonds. The van der Waals surface area contributed by atoms with Gasteiger partial charge in [-0.05, 0) is 36.2 Å². The predicted octanol–water partition coefficient (Wildman–Crippen LogP) is 3.24. The van der Waals surface area contributed by atoms with Gasteiger partial charge in [-0.15, -0.1) is 0 Å². The first-order valence-electron chi connectivity index (χ1n) is 10.5. The third kappa shape index (κ3) is 3.89. The van der Waals surface area contributed by atoms with Gasteiger partial charge < -0.3 is 9.80 Å². The van der Waals surface area contributed by atoms with E-state index in [0.29, 0.717) is 48.8 Å². The number of carbonyl (C=O) groups excluding carboxylic acids is 2. The Bertz CT molecular complexity index is 1160. The molecule has 0 aliphatic carbocycles. The number of rotatable bonds is 3. The second-order valence-corrected chi connectivity index (χ2v) is 8.46. The smallest absolute Gasteiger partial charge is 0.256 e.